The normalized spacial score (nSPS) is 17.2. The fourth-order valence-electron chi connectivity index (χ4n) is 11.7. The molecule has 111 heavy (non-hydrogen) atoms. The number of benzene rings is 3. The van der Waals surface area contributed by atoms with E-state index in [1.54, 1.807) is 115 Å². The molecule has 24 nitrogen and oxygen atoms in total. The van der Waals surface area contributed by atoms with Crippen LogP contribution in [0.3, 0.4) is 0 Å². The van der Waals surface area contributed by atoms with Gasteiger partial charge in [-0.2, -0.15) is 52.8 Å². The van der Waals surface area contributed by atoms with Crippen LogP contribution in [0.4, 0.5) is 0 Å². The van der Waals surface area contributed by atoms with E-state index in [4.69, 9.17) is 26.0 Å². The molecule has 6 fully saturated rings. The maximum atomic E-state index is 13.0. The van der Waals surface area contributed by atoms with Crippen molar-refractivity contribution in [3.63, 3.8) is 0 Å². The zero-order valence-corrected chi connectivity index (χ0v) is 71.5. The molecule has 576 valence electrons. The number of hydrogen-bond acceptors (Lipinski definition) is 20. The molecule has 8 aliphatic rings. The SMILES string of the molecule is BrC1=CCN=C1C1CC1.CC(=O)c1ccc(-c2cn(S(=O)(=O)c3ccc(C)cc3)nc2C2CC2)nc1.CC(=O)c1ccc(Cl)nc1.Cc1ccc(S(=O)(=O)n2cc(B3OC(C)(C)C(C)(C)O3)c(C3CC3)n2)cc1.Cc1ccc(S(=O)(=O)n2cc(Br)c(C3CC3)n2)cc1.O=C(O)c1ccc(C2=CCN=C2C2CC2)nc1.[Na+].[OH-]. The molecule has 3 aliphatic heterocycles. The molecule has 32 heteroatoms. The Morgan fingerprint density at radius 1 is 0.495 bits per heavy atom. The van der Waals surface area contributed by atoms with E-state index in [1.807, 2.05) is 48.5 Å². The smallest absolute Gasteiger partial charge is 0.870 e. The second-order valence-corrected chi connectivity index (χ2v) is 36.5. The van der Waals surface area contributed by atoms with E-state index >= 15 is 0 Å². The number of carboxylic acids is 1. The van der Waals surface area contributed by atoms with Crippen molar-refractivity contribution in [3.05, 3.63) is 229 Å². The zero-order chi connectivity index (χ0) is 78.1. The average molecular weight is 1720 g/mol. The number of Topliss-reactive ketones (excluding diaryl/α,β-unsaturated/α-hetero) is 2. The summed E-state index contributed by atoms with van der Waals surface area (Å²) in [6.45, 7) is 18.3. The van der Waals surface area contributed by atoms with Crippen molar-refractivity contribution in [3.8, 4) is 11.3 Å². The predicted molar refractivity (Wildman–Crippen MR) is 428 cm³/mol. The van der Waals surface area contributed by atoms with E-state index < -0.39 is 54.4 Å². The summed E-state index contributed by atoms with van der Waals surface area (Å²) in [4.78, 5) is 54.7. The van der Waals surface area contributed by atoms with Crippen molar-refractivity contribution < 1.29 is 89.1 Å². The monoisotopic (exact) mass is 1720 g/mol. The Labute approximate surface area is 691 Å². The van der Waals surface area contributed by atoms with Crippen LogP contribution in [0.5, 0.6) is 0 Å². The number of aryl methyl sites for hydroxylation is 3. The van der Waals surface area contributed by atoms with E-state index in [0.717, 1.165) is 125 Å². The molecule has 17 rings (SSSR count). The van der Waals surface area contributed by atoms with Crippen molar-refractivity contribution in [1.29, 1.82) is 0 Å². The fourth-order valence-corrected chi connectivity index (χ4v) is 16.6. The molecule has 2 N–H and O–H groups in total. The minimum absolute atomic E-state index is 0. The van der Waals surface area contributed by atoms with E-state index in [1.165, 1.54) is 80.7 Å². The van der Waals surface area contributed by atoms with Crippen LogP contribution in [0.2, 0.25) is 5.15 Å². The number of nitrogens with zero attached hydrogens (tertiary/aromatic N) is 11. The Kier molecular flexibility index (Phi) is 27.4. The second-order valence-electron chi connectivity index (χ2n) is 29.1. The molecule has 0 bridgehead atoms. The Balaban J connectivity index is 0.000000146. The molecule has 0 amide bonds. The van der Waals surface area contributed by atoms with Gasteiger partial charge in [0.15, 0.2) is 11.6 Å². The molecular weight excluding hydrogens is 1640 g/mol. The second kappa shape index (κ2) is 35.4. The Hall–Kier alpha value is -7.59. The van der Waals surface area contributed by atoms with Crippen molar-refractivity contribution in [2.45, 2.75) is 170 Å². The summed E-state index contributed by atoms with van der Waals surface area (Å²) in [6, 6.07) is 30.3. The third-order valence-electron chi connectivity index (χ3n) is 19.6. The van der Waals surface area contributed by atoms with Gasteiger partial charge in [-0.05, 0) is 237 Å². The van der Waals surface area contributed by atoms with Crippen LogP contribution < -0.4 is 35.0 Å². The van der Waals surface area contributed by atoms with Crippen molar-refractivity contribution in [2.75, 3.05) is 13.1 Å². The number of rotatable bonds is 17. The summed E-state index contributed by atoms with van der Waals surface area (Å²) in [5.41, 5.74) is 12.1. The Morgan fingerprint density at radius 3 is 1.31 bits per heavy atom. The predicted octanol–water partition coefficient (Wildman–Crippen LogP) is 12.2. The van der Waals surface area contributed by atoms with Gasteiger partial charge in [-0.25, -0.2) is 9.78 Å². The maximum absolute atomic E-state index is 13.0. The quantitative estimate of drug-likeness (QED) is 0.0503. The third-order valence-corrected chi connectivity index (χ3v) is 25.9. The van der Waals surface area contributed by atoms with Crippen LogP contribution in [0.1, 0.15) is 194 Å². The van der Waals surface area contributed by atoms with Gasteiger partial charge in [-0.15, -0.1) is 0 Å². The molecule has 0 spiro atoms. The Morgan fingerprint density at radius 2 is 0.883 bits per heavy atom. The Bertz CT molecular complexity index is 5390. The van der Waals surface area contributed by atoms with Gasteiger partial charge in [0.2, 0.25) is 0 Å². The third kappa shape index (κ3) is 20.9. The number of allylic oxidation sites excluding steroid dienone is 2. The number of carbonyl (C=O) groups is 3. The molecule has 0 radical (unpaired) electrons. The van der Waals surface area contributed by atoms with Gasteiger partial charge in [-0.1, -0.05) is 70.8 Å². The number of halogens is 3. The topological polar surface area (TPSA) is 339 Å². The van der Waals surface area contributed by atoms with E-state index in [-0.39, 0.29) is 78.7 Å². The summed E-state index contributed by atoms with van der Waals surface area (Å²) in [5, 5.41) is 22.3. The van der Waals surface area contributed by atoms with E-state index in [2.05, 4.69) is 84.2 Å². The minimum atomic E-state index is -3.77. The average Bonchev–Trinajstić information content (AvgIpc) is 1.59. The molecule has 3 aromatic carbocycles. The number of pyridine rings is 3. The van der Waals surface area contributed by atoms with Crippen LogP contribution in [0.25, 0.3) is 16.8 Å². The molecular formula is C79H84BBr2ClN11NaO13S3. The number of carboxylic acid groups (broad SMARTS) is 1. The summed E-state index contributed by atoms with van der Waals surface area (Å²) in [5.74, 6) is 1.34. The zero-order valence-electron chi connectivity index (χ0n) is 63.1. The van der Waals surface area contributed by atoms with Gasteiger partial charge in [0, 0.05) is 92.3 Å². The van der Waals surface area contributed by atoms with Crippen molar-refractivity contribution >= 4 is 121 Å². The largest absolute Gasteiger partial charge is 1.00 e. The minimum Gasteiger partial charge on any atom is -0.870 e. The number of ketones is 2. The first kappa shape index (κ1) is 85.8. The maximum Gasteiger partial charge on any atom is 1.00 e. The van der Waals surface area contributed by atoms with Gasteiger partial charge in [0.1, 0.15) is 5.15 Å². The summed E-state index contributed by atoms with van der Waals surface area (Å²) in [7, 11) is -11.7. The number of carbonyl (C=O) groups excluding carboxylic acids is 2. The van der Waals surface area contributed by atoms with Gasteiger partial charge >= 0.3 is 42.6 Å². The summed E-state index contributed by atoms with van der Waals surface area (Å²) < 4.78 is 94.4. The fraction of sp³-hybridized carbons (Fsp3) is 0.354. The first-order chi connectivity index (χ1) is 51.7. The first-order valence-corrected chi connectivity index (χ1v) is 42.2. The van der Waals surface area contributed by atoms with E-state index in [0.29, 0.717) is 44.8 Å². The number of aliphatic imine (C=N–C) groups is 2. The number of hydrogen-bond donors (Lipinski definition) is 1. The molecule has 9 aromatic rings. The molecule has 1 saturated heterocycles. The molecule has 0 unspecified atom stereocenters. The summed E-state index contributed by atoms with van der Waals surface area (Å²) in [6.07, 6.45) is 24.5. The molecule has 9 heterocycles. The van der Waals surface area contributed by atoms with Crippen LogP contribution in [0, 0.1) is 32.6 Å². The number of aromatic carboxylic acids is 1. The van der Waals surface area contributed by atoms with Gasteiger partial charge in [-0.3, -0.25) is 29.5 Å². The molecule has 5 aliphatic carbocycles. The molecule has 5 saturated carbocycles. The first-order valence-electron chi connectivity index (χ1n) is 35.9. The van der Waals surface area contributed by atoms with Crippen LogP contribution >= 0.6 is 43.5 Å². The number of aromatic nitrogens is 9. The van der Waals surface area contributed by atoms with Crippen molar-refractivity contribution in [2.24, 2.45) is 21.8 Å². The van der Waals surface area contributed by atoms with E-state index in [9.17, 15) is 39.6 Å². The molecule has 6 aromatic heterocycles. The van der Waals surface area contributed by atoms with Crippen LogP contribution in [0.15, 0.2) is 192 Å². The van der Waals surface area contributed by atoms with Crippen LogP contribution in [-0.4, -0.2) is 139 Å². The van der Waals surface area contributed by atoms with Gasteiger partial charge in [0.05, 0.1) is 95.6 Å². The van der Waals surface area contributed by atoms with Gasteiger partial charge in [0.25, 0.3) is 30.1 Å². The van der Waals surface area contributed by atoms with Crippen molar-refractivity contribution in [1.82, 2.24) is 42.5 Å². The van der Waals surface area contributed by atoms with Gasteiger partial charge < -0.3 is 19.9 Å². The summed E-state index contributed by atoms with van der Waals surface area (Å²) >= 11 is 12.4. The molecule has 0 atom stereocenters. The van der Waals surface area contributed by atoms with Crippen LogP contribution in [-0.2, 0) is 39.4 Å². The standard InChI is InChI=1S/C20H19N3O3S.C19H25BN2O4S.C13H13BrN2O2S.C13H12N2O2.C7H8BrN.C7H6ClNO.Na.H2O/c1-13-3-8-17(9-4-13)27(25,26)23-12-18(20(22-23)15-5-6-15)19-10-7-16(11-21-19)14(2)24;1-13-6-10-15(11-7-13)27(23,24)22-12-16(17(21-22)14-8-9-14)20-25-18(2,3)19(4,5)26-20;1-9-2-6-11(7-3-9)19(17,18)16-8-12(14)13(15-16)10-4-5-10;16-13(17)9-3-4-11(15-7-9)10-5-6-14-12(10)8-1-2-8;8-6-3-4-9-7(6)5-1-2-5;1-5(10)6-2-3-7(8)9-4-6;;/h3-4,7-12,15H,5-6H2,1-2H3;6-7,10-12,14H,8-9H2,1-5H3;2-3,6-8,10H,4-5H2,1H3;3-5,7-8H,1-2,6H2,(H,16,17);3,5H,1-2,4H2;2-4H,1H3;;1H2/q;;;;;;+1;/p-1.